The molecule has 7 heteroatoms. The van der Waals surface area contributed by atoms with Crippen molar-refractivity contribution in [2.45, 2.75) is 37.1 Å². The van der Waals surface area contributed by atoms with E-state index in [9.17, 15) is 14.0 Å². The Morgan fingerprint density at radius 1 is 1.17 bits per heavy atom. The van der Waals surface area contributed by atoms with Crippen LogP contribution in [0.2, 0.25) is 0 Å². The van der Waals surface area contributed by atoms with Gasteiger partial charge >= 0.3 is 0 Å². The first kappa shape index (κ1) is 19.4. The molecule has 1 aliphatic heterocycles. The average Bonchev–Trinajstić information content (AvgIpc) is 2.66. The molecular weight excluding hydrogens is 389 g/mol. The molecule has 5 nitrogen and oxygen atoms in total. The number of nitrogens with zero attached hydrogens (tertiary/aromatic N) is 1. The van der Waals surface area contributed by atoms with Crippen molar-refractivity contribution in [1.29, 1.82) is 0 Å². The average molecular weight is 409 g/mol. The summed E-state index contributed by atoms with van der Waals surface area (Å²) in [6.07, 6.45) is 0.198. The summed E-state index contributed by atoms with van der Waals surface area (Å²) in [5, 5.41) is 3.07. The van der Waals surface area contributed by atoms with Crippen molar-refractivity contribution in [1.82, 2.24) is 9.97 Å². The molecule has 1 atom stereocenters. The highest BCUT2D eigenvalue weighted by Crippen LogP contribution is 2.36. The van der Waals surface area contributed by atoms with Crippen LogP contribution in [0, 0.1) is 19.7 Å². The molecule has 29 heavy (non-hydrogen) atoms. The molecule has 0 aliphatic carbocycles. The minimum atomic E-state index is -0.346. The topological polar surface area (TPSA) is 74.8 Å². The highest BCUT2D eigenvalue weighted by atomic mass is 32.2. The summed E-state index contributed by atoms with van der Waals surface area (Å²) in [6.45, 7) is 3.99. The lowest BCUT2D eigenvalue weighted by molar-refractivity contribution is -0.116. The Morgan fingerprint density at radius 2 is 1.97 bits per heavy atom. The van der Waals surface area contributed by atoms with Gasteiger partial charge in [0.1, 0.15) is 11.6 Å². The molecule has 2 N–H and O–H groups in total. The molecule has 0 spiro atoms. The van der Waals surface area contributed by atoms with Crippen LogP contribution >= 0.6 is 11.8 Å². The van der Waals surface area contributed by atoms with Gasteiger partial charge in [-0.3, -0.25) is 9.59 Å². The monoisotopic (exact) mass is 409 g/mol. The highest BCUT2D eigenvalue weighted by molar-refractivity contribution is 7.98. The van der Waals surface area contributed by atoms with Gasteiger partial charge in [0.15, 0.2) is 5.16 Å². The molecule has 0 radical (unpaired) electrons. The zero-order valence-electron chi connectivity index (χ0n) is 16.1. The Bertz CT molecular complexity index is 1160. The molecule has 1 aliphatic rings. The number of aryl methyl sites for hydroxylation is 2. The molecule has 2 aromatic carbocycles. The van der Waals surface area contributed by atoms with Gasteiger partial charge in [-0.1, -0.05) is 53.7 Å². The lowest BCUT2D eigenvalue weighted by atomic mass is 9.84. The summed E-state index contributed by atoms with van der Waals surface area (Å²) in [7, 11) is 0. The van der Waals surface area contributed by atoms with Gasteiger partial charge in [0.05, 0.1) is 5.56 Å². The first-order chi connectivity index (χ1) is 13.9. The molecule has 0 bridgehead atoms. The number of anilines is 1. The van der Waals surface area contributed by atoms with Crippen molar-refractivity contribution in [2.75, 3.05) is 5.32 Å². The maximum Gasteiger partial charge on any atom is 0.257 e. The van der Waals surface area contributed by atoms with E-state index >= 15 is 0 Å². The van der Waals surface area contributed by atoms with Crippen LogP contribution < -0.4 is 10.9 Å². The summed E-state index contributed by atoms with van der Waals surface area (Å²) in [4.78, 5) is 32.5. The van der Waals surface area contributed by atoms with E-state index in [1.165, 1.54) is 17.8 Å². The van der Waals surface area contributed by atoms with E-state index in [0.717, 1.165) is 16.7 Å². The van der Waals surface area contributed by atoms with E-state index in [1.54, 1.807) is 18.2 Å². The molecule has 148 valence electrons. The number of benzene rings is 2. The number of aromatic amines is 1. The van der Waals surface area contributed by atoms with Crippen molar-refractivity contribution >= 4 is 23.5 Å². The third kappa shape index (κ3) is 3.96. The van der Waals surface area contributed by atoms with Crippen molar-refractivity contribution in [3.05, 3.63) is 86.5 Å². The largest absolute Gasteiger partial charge is 0.310 e. The molecule has 1 amide bonds. The van der Waals surface area contributed by atoms with E-state index in [0.29, 0.717) is 22.0 Å². The number of amides is 1. The minimum absolute atomic E-state index is 0.175. The van der Waals surface area contributed by atoms with Crippen molar-refractivity contribution < 1.29 is 9.18 Å². The fourth-order valence-corrected chi connectivity index (χ4v) is 4.51. The fourth-order valence-electron chi connectivity index (χ4n) is 3.66. The Kier molecular flexibility index (Phi) is 5.24. The molecule has 3 aromatic rings. The van der Waals surface area contributed by atoms with Crippen molar-refractivity contribution in [2.24, 2.45) is 0 Å². The van der Waals surface area contributed by atoms with Crippen LogP contribution in [0.15, 0.2) is 52.4 Å². The Morgan fingerprint density at radius 3 is 2.72 bits per heavy atom. The van der Waals surface area contributed by atoms with E-state index in [4.69, 9.17) is 0 Å². The molecule has 0 saturated carbocycles. The van der Waals surface area contributed by atoms with Crippen LogP contribution in [0.25, 0.3) is 0 Å². The van der Waals surface area contributed by atoms with Crippen LogP contribution in [0.5, 0.6) is 0 Å². The zero-order valence-corrected chi connectivity index (χ0v) is 16.9. The second kappa shape index (κ2) is 7.83. The van der Waals surface area contributed by atoms with Gasteiger partial charge in [-0.25, -0.2) is 9.37 Å². The number of hydrogen-bond donors (Lipinski definition) is 2. The van der Waals surface area contributed by atoms with E-state index < -0.39 is 0 Å². The number of carbonyl (C=O) groups is 1. The molecule has 1 unspecified atom stereocenters. The van der Waals surface area contributed by atoms with Crippen LogP contribution in [-0.2, 0) is 10.5 Å². The van der Waals surface area contributed by atoms with Crippen molar-refractivity contribution in [3.63, 3.8) is 0 Å². The number of rotatable bonds is 4. The van der Waals surface area contributed by atoms with Crippen molar-refractivity contribution in [3.8, 4) is 0 Å². The van der Waals surface area contributed by atoms with E-state index in [2.05, 4.69) is 15.3 Å². The van der Waals surface area contributed by atoms with Crippen LogP contribution in [0.3, 0.4) is 0 Å². The normalized spacial score (nSPS) is 15.7. The zero-order chi connectivity index (χ0) is 20.5. The number of H-pyrrole nitrogens is 1. The second-order valence-electron chi connectivity index (χ2n) is 7.18. The summed E-state index contributed by atoms with van der Waals surface area (Å²) >= 11 is 1.22. The van der Waals surface area contributed by atoms with Crippen LogP contribution in [-0.4, -0.2) is 15.9 Å². The summed E-state index contributed by atoms with van der Waals surface area (Å²) in [5.74, 6) is -0.218. The lowest BCUT2D eigenvalue weighted by Gasteiger charge is -2.25. The predicted octanol–water partition coefficient (Wildman–Crippen LogP) is 4.29. The molecule has 0 fully saturated rings. The maximum absolute atomic E-state index is 13.8. The quantitative estimate of drug-likeness (QED) is 0.498. The number of thioether (sulfide) groups is 1. The number of carbonyl (C=O) groups excluding carboxylic acids is 1. The van der Waals surface area contributed by atoms with Gasteiger partial charge in [0.2, 0.25) is 5.91 Å². The number of nitrogens with one attached hydrogen (secondary N) is 2. The van der Waals surface area contributed by atoms with Gasteiger partial charge in [-0.05, 0) is 36.6 Å². The summed E-state index contributed by atoms with van der Waals surface area (Å²) in [6, 6.07) is 12.5. The fraction of sp³-hybridized carbons (Fsp3) is 0.227. The van der Waals surface area contributed by atoms with Gasteiger partial charge in [0, 0.05) is 18.1 Å². The summed E-state index contributed by atoms with van der Waals surface area (Å²) in [5.41, 5.74) is 3.82. The highest BCUT2D eigenvalue weighted by Gasteiger charge is 2.31. The minimum Gasteiger partial charge on any atom is -0.310 e. The maximum atomic E-state index is 13.8. The van der Waals surface area contributed by atoms with Gasteiger partial charge in [0.25, 0.3) is 5.56 Å². The van der Waals surface area contributed by atoms with Gasteiger partial charge in [-0.2, -0.15) is 0 Å². The second-order valence-corrected chi connectivity index (χ2v) is 8.14. The Balaban J connectivity index is 1.69. The SMILES string of the molecule is Cc1ccc(C2CC(=O)Nc3nc(SCc4ccccc4F)[nH]c(=O)c32)c(C)c1. The number of fused-ring (bicyclic) bond motifs is 1. The van der Waals surface area contributed by atoms with E-state index in [-0.39, 0.29) is 35.4 Å². The first-order valence-corrected chi connectivity index (χ1v) is 10.3. The third-order valence-corrected chi connectivity index (χ3v) is 5.97. The molecule has 0 saturated heterocycles. The Labute approximate surface area is 171 Å². The number of hydrogen-bond acceptors (Lipinski definition) is 4. The molecular formula is C22H20FN3O2S. The van der Waals surface area contributed by atoms with Crippen LogP contribution in [0.1, 0.15) is 40.2 Å². The van der Waals surface area contributed by atoms with Gasteiger partial charge < -0.3 is 10.3 Å². The van der Waals surface area contributed by atoms with Crippen LogP contribution in [0.4, 0.5) is 10.2 Å². The third-order valence-electron chi connectivity index (χ3n) is 5.05. The number of aromatic nitrogens is 2. The van der Waals surface area contributed by atoms with E-state index in [1.807, 2.05) is 32.0 Å². The smallest absolute Gasteiger partial charge is 0.257 e. The molecule has 4 rings (SSSR count). The van der Waals surface area contributed by atoms with Gasteiger partial charge in [-0.15, -0.1) is 0 Å². The molecule has 2 heterocycles. The predicted molar refractivity (Wildman–Crippen MR) is 112 cm³/mol. The lowest BCUT2D eigenvalue weighted by Crippen LogP contribution is -2.31. The first-order valence-electron chi connectivity index (χ1n) is 9.30. The Hall–Kier alpha value is -2.93. The number of halogens is 1. The summed E-state index contributed by atoms with van der Waals surface area (Å²) < 4.78 is 13.8. The molecule has 1 aromatic heterocycles. The standard InChI is InChI=1S/C22H20FN3O2S/c1-12-7-8-15(13(2)9-12)16-10-18(27)24-20-19(16)21(28)26-22(25-20)29-11-14-5-3-4-6-17(14)23/h3-9,16H,10-11H2,1-2H3,(H2,24,25,26,27,28).